The SMILES string of the molecule is C#CC(C)(C)CC(C)C.CC.CC.CCl.Cc1ccnc(-c2cc(/C(C#N)=C/C=C3/C=C(C(F)(F)F)c4cc5c6c(c4O3)CCCN6CCC5)ccn2)c1.Cc1ccnc(-c2cc(CCCC(N)=O)ccn2)c1.[Ru].c1ccc(-c2ccccn2)nc1. The van der Waals surface area contributed by atoms with Crippen molar-refractivity contribution in [3.05, 3.63) is 191 Å². The van der Waals surface area contributed by atoms with Crippen molar-refractivity contribution in [2.24, 2.45) is 17.1 Å². The summed E-state index contributed by atoms with van der Waals surface area (Å²) < 4.78 is 49.0. The van der Waals surface area contributed by atoms with E-state index < -0.39 is 11.7 Å². The van der Waals surface area contributed by atoms with Gasteiger partial charge in [-0.2, -0.15) is 18.4 Å². The molecule has 2 N–H and O–H groups in total. The molecule has 0 saturated carbocycles. The van der Waals surface area contributed by atoms with E-state index in [2.05, 4.69) is 86.1 Å². The number of halogens is 4. The third kappa shape index (κ3) is 22.2. The molecule has 454 valence electrons. The van der Waals surface area contributed by atoms with Gasteiger partial charge in [0.2, 0.25) is 5.91 Å². The number of fused-ring (bicyclic) bond motifs is 2. The number of amides is 1. The summed E-state index contributed by atoms with van der Waals surface area (Å²) in [6.45, 7) is 22.4. The van der Waals surface area contributed by atoms with Crippen molar-refractivity contribution < 1.29 is 42.2 Å². The average Bonchev–Trinajstić information content (AvgIpc) is 0.800. The number of hydrogen-bond acceptors (Lipinski definition) is 10. The first kappa shape index (κ1) is 72.4. The first-order valence-corrected chi connectivity index (χ1v) is 29.6. The number of carbonyl (C=O) groups excluding carboxylic acids is 1. The molecule has 6 aromatic heterocycles. The largest absolute Gasteiger partial charge is 0.456 e. The van der Waals surface area contributed by atoms with Crippen LogP contribution in [0.15, 0.2) is 152 Å². The Morgan fingerprint density at radius 1 is 0.756 bits per heavy atom. The minimum Gasteiger partial charge on any atom is -0.456 e. The topological polar surface area (TPSA) is 157 Å². The van der Waals surface area contributed by atoms with Crippen LogP contribution in [0.3, 0.4) is 0 Å². The van der Waals surface area contributed by atoms with E-state index >= 15 is 0 Å². The standard InChI is InChI=1S/C31H25F3N4O.C15H17N3O.C10H8N2.C9H16.2C2H6.CH3Cl.Ru/c1-19-8-10-36-27(14-19)28-16-20(9-11-37-28)22(18-35)6-7-23-17-26(31(32,33)34)25-15-21-4-2-12-38-13-3-5-24(29(21)38)30(25)39-23;1-11-5-7-17-13(9-11)14-10-12(6-8-18-14)3-2-4-15(16)19;1-3-7-11-9(5-1)10-6-2-4-8-12-10;1-6-9(4,5)7-8(2)3;3*1-2;/h6-11,14-17H,2-5,12-13H2,1H3;5-10H,2-4H2,1H3,(H2,16,19);1-8H;1,8H,7H2,2-5H3;2*1-2H3;1H3;/b22-6+,23-7-;;;;;;;. The van der Waals surface area contributed by atoms with Crippen molar-refractivity contribution in [1.82, 2.24) is 29.9 Å². The van der Waals surface area contributed by atoms with Crippen molar-refractivity contribution in [2.75, 3.05) is 24.4 Å². The zero-order valence-corrected chi connectivity index (χ0v) is 53.9. The molecule has 86 heavy (non-hydrogen) atoms. The van der Waals surface area contributed by atoms with Gasteiger partial charge in [0.15, 0.2) is 0 Å². The number of ether oxygens (including phenoxy) is 1. The van der Waals surface area contributed by atoms with Gasteiger partial charge in [-0.05, 0) is 203 Å². The number of aryl methyl sites for hydroxylation is 4. The number of terminal acetylenes is 1. The molecule has 0 spiro atoms. The Balaban J connectivity index is 0.000000341. The van der Waals surface area contributed by atoms with Crippen LogP contribution in [0.2, 0.25) is 0 Å². The molecular formula is C70H81ClF3N9O2Ru. The predicted molar refractivity (Wildman–Crippen MR) is 342 cm³/mol. The maximum Gasteiger partial charge on any atom is 0.417 e. The third-order valence-electron chi connectivity index (χ3n) is 13.2. The summed E-state index contributed by atoms with van der Waals surface area (Å²) in [6, 6.07) is 30.6. The summed E-state index contributed by atoms with van der Waals surface area (Å²) in [5.41, 5.74) is 16.5. The Morgan fingerprint density at radius 3 is 1.77 bits per heavy atom. The number of carbonyl (C=O) groups is 1. The molecule has 11 nitrogen and oxygen atoms in total. The Morgan fingerprint density at radius 2 is 1.28 bits per heavy atom. The van der Waals surface area contributed by atoms with Crippen LogP contribution in [0, 0.1) is 48.9 Å². The summed E-state index contributed by atoms with van der Waals surface area (Å²) in [4.78, 5) is 38.7. The van der Waals surface area contributed by atoms with E-state index in [0.717, 1.165) is 114 Å². The first-order chi connectivity index (χ1) is 40.9. The molecule has 0 aliphatic carbocycles. The zero-order valence-electron chi connectivity index (χ0n) is 51.4. The van der Waals surface area contributed by atoms with E-state index in [4.69, 9.17) is 16.9 Å². The van der Waals surface area contributed by atoms with Gasteiger partial charge in [0, 0.05) is 105 Å². The maximum absolute atomic E-state index is 14.3. The molecule has 0 unspecified atom stereocenters. The number of nitriles is 1. The van der Waals surface area contributed by atoms with Gasteiger partial charge in [-0.25, -0.2) is 0 Å². The maximum atomic E-state index is 14.3. The number of pyridine rings is 6. The van der Waals surface area contributed by atoms with Gasteiger partial charge in [0.05, 0.1) is 51.4 Å². The van der Waals surface area contributed by atoms with Crippen molar-refractivity contribution in [3.8, 4) is 58.3 Å². The van der Waals surface area contributed by atoms with Gasteiger partial charge in [-0.3, -0.25) is 34.7 Å². The fourth-order valence-corrected chi connectivity index (χ4v) is 9.63. The summed E-state index contributed by atoms with van der Waals surface area (Å²) in [5, 5.41) is 9.88. The van der Waals surface area contributed by atoms with E-state index in [0.29, 0.717) is 35.7 Å². The third-order valence-corrected chi connectivity index (χ3v) is 13.2. The number of primary amides is 1. The molecule has 0 bridgehead atoms. The van der Waals surface area contributed by atoms with Crippen LogP contribution in [0.5, 0.6) is 5.75 Å². The van der Waals surface area contributed by atoms with E-state index in [9.17, 15) is 23.2 Å². The van der Waals surface area contributed by atoms with E-state index in [1.165, 1.54) is 18.5 Å². The van der Waals surface area contributed by atoms with E-state index in [1.807, 2.05) is 114 Å². The number of rotatable bonds is 11. The van der Waals surface area contributed by atoms with Gasteiger partial charge >= 0.3 is 6.18 Å². The molecule has 9 heterocycles. The van der Waals surface area contributed by atoms with E-state index in [-0.39, 0.29) is 53.4 Å². The Labute approximate surface area is 526 Å². The smallest absolute Gasteiger partial charge is 0.417 e. The molecule has 3 aliphatic heterocycles. The minimum atomic E-state index is -4.55. The summed E-state index contributed by atoms with van der Waals surface area (Å²) in [7, 11) is 0. The average molecular weight is 1270 g/mol. The quantitative estimate of drug-likeness (QED) is 0.0572. The van der Waals surface area contributed by atoms with Gasteiger partial charge in [0.25, 0.3) is 0 Å². The van der Waals surface area contributed by atoms with Crippen LogP contribution >= 0.6 is 11.6 Å². The number of nitrogens with zero attached hydrogens (tertiary/aromatic N) is 8. The molecule has 0 fully saturated rings. The molecule has 7 aromatic rings. The molecule has 1 amide bonds. The molecule has 0 radical (unpaired) electrons. The summed E-state index contributed by atoms with van der Waals surface area (Å²) >= 11 is 4.64. The molecule has 3 aliphatic rings. The molecule has 1 aromatic carbocycles. The summed E-state index contributed by atoms with van der Waals surface area (Å²) in [6.07, 6.45) is 22.9. The van der Waals surface area contributed by atoms with Crippen LogP contribution < -0.4 is 15.4 Å². The molecule has 10 rings (SSSR count). The fourth-order valence-electron chi connectivity index (χ4n) is 9.63. The molecule has 0 atom stereocenters. The van der Waals surface area contributed by atoms with Crippen LogP contribution in [-0.2, 0) is 43.5 Å². The first-order valence-electron chi connectivity index (χ1n) is 28.9. The van der Waals surface area contributed by atoms with Gasteiger partial charge in [-0.1, -0.05) is 53.7 Å². The second-order valence-electron chi connectivity index (χ2n) is 20.6. The molecule has 0 saturated heterocycles. The number of anilines is 1. The second-order valence-corrected chi connectivity index (χ2v) is 20.6. The predicted octanol–water partition coefficient (Wildman–Crippen LogP) is 17.0. The van der Waals surface area contributed by atoms with Crippen LogP contribution in [0.4, 0.5) is 18.9 Å². The van der Waals surface area contributed by atoms with Crippen molar-refractivity contribution >= 4 is 34.3 Å². The normalized spacial score (nSPS) is 13.0. The van der Waals surface area contributed by atoms with Gasteiger partial charge in [0.1, 0.15) is 11.5 Å². The van der Waals surface area contributed by atoms with Crippen LogP contribution in [0.25, 0.3) is 45.3 Å². The van der Waals surface area contributed by atoms with Crippen LogP contribution in [0.1, 0.15) is 126 Å². The number of nitrogens with two attached hydrogens (primary N) is 1. The Hall–Kier alpha value is -7.84. The van der Waals surface area contributed by atoms with Crippen molar-refractivity contribution in [1.29, 1.82) is 5.26 Å². The summed E-state index contributed by atoms with van der Waals surface area (Å²) in [5.74, 6) is 3.55. The van der Waals surface area contributed by atoms with Gasteiger partial charge < -0.3 is 15.4 Å². The number of allylic oxidation sites excluding steroid dienone is 5. The zero-order chi connectivity index (χ0) is 62.5. The van der Waals surface area contributed by atoms with Crippen LogP contribution in [-0.4, -0.2) is 61.5 Å². The van der Waals surface area contributed by atoms with E-state index in [1.54, 1.807) is 55.4 Å². The van der Waals surface area contributed by atoms with Gasteiger partial charge in [-0.15, -0.1) is 23.9 Å². The number of benzene rings is 1. The molecule has 16 heteroatoms. The van der Waals surface area contributed by atoms with Crippen molar-refractivity contribution in [2.45, 2.75) is 127 Å². The Kier molecular flexibility index (Phi) is 31.1. The number of alkyl halides is 4. The number of aromatic nitrogens is 6. The monoisotopic (exact) mass is 1270 g/mol. The van der Waals surface area contributed by atoms with Crippen molar-refractivity contribution in [3.63, 3.8) is 0 Å². The fraction of sp³-hybridized carbons (Fsp3) is 0.343. The Bertz CT molecular complexity index is 3390. The minimum absolute atomic E-state index is 0. The molecular weight excluding hydrogens is 1190 g/mol. The number of hydrogen-bond donors (Lipinski definition) is 1. The second kappa shape index (κ2) is 36.9.